The highest BCUT2D eigenvalue weighted by Gasteiger charge is 2.24. The van der Waals surface area contributed by atoms with Crippen molar-refractivity contribution in [2.24, 2.45) is 0 Å². The van der Waals surface area contributed by atoms with Gasteiger partial charge in [-0.05, 0) is 19.9 Å². The summed E-state index contributed by atoms with van der Waals surface area (Å²) < 4.78 is 0. The topological polar surface area (TPSA) is 76.3 Å². The number of aromatic nitrogens is 1. The van der Waals surface area contributed by atoms with Crippen LogP contribution in [0.3, 0.4) is 0 Å². The molecule has 6 heteroatoms. The van der Waals surface area contributed by atoms with Crippen molar-refractivity contribution < 1.29 is 9.72 Å². The second-order valence-corrected chi connectivity index (χ2v) is 3.11. The van der Waals surface area contributed by atoms with E-state index in [0.29, 0.717) is 13.1 Å². The fraction of sp³-hybridized carbons (Fsp3) is 0.400. The summed E-state index contributed by atoms with van der Waals surface area (Å²) in [6, 6.07) is 2.72. The van der Waals surface area contributed by atoms with Crippen LogP contribution in [0.4, 0.5) is 5.69 Å². The van der Waals surface area contributed by atoms with Crippen molar-refractivity contribution in [3.05, 3.63) is 34.1 Å². The minimum Gasteiger partial charge on any atom is -0.338 e. The second-order valence-electron chi connectivity index (χ2n) is 3.11. The molecular weight excluding hydrogens is 210 g/mol. The van der Waals surface area contributed by atoms with Crippen molar-refractivity contribution in [3.8, 4) is 0 Å². The minimum absolute atomic E-state index is 0.101. The molecule has 0 aromatic carbocycles. The Hall–Kier alpha value is -1.98. The van der Waals surface area contributed by atoms with Crippen LogP contribution in [0.5, 0.6) is 0 Å². The number of nitrogens with zero attached hydrogens (tertiary/aromatic N) is 3. The lowest BCUT2D eigenvalue weighted by Gasteiger charge is -2.17. The monoisotopic (exact) mass is 223 g/mol. The van der Waals surface area contributed by atoms with Crippen molar-refractivity contribution in [2.75, 3.05) is 13.1 Å². The highest BCUT2D eigenvalue weighted by molar-refractivity contribution is 5.96. The maximum atomic E-state index is 11.9. The molecule has 6 nitrogen and oxygen atoms in total. The lowest BCUT2D eigenvalue weighted by molar-refractivity contribution is -0.385. The van der Waals surface area contributed by atoms with E-state index < -0.39 is 10.8 Å². The molecule has 0 radical (unpaired) electrons. The number of carbonyl (C=O) groups is 1. The Morgan fingerprint density at radius 1 is 1.50 bits per heavy atom. The van der Waals surface area contributed by atoms with Gasteiger partial charge in [-0.2, -0.15) is 0 Å². The van der Waals surface area contributed by atoms with E-state index in [0.717, 1.165) is 0 Å². The Morgan fingerprint density at radius 3 is 2.62 bits per heavy atom. The van der Waals surface area contributed by atoms with Gasteiger partial charge in [0, 0.05) is 25.4 Å². The predicted octanol–water partition coefficient (Wildman–Crippen LogP) is 1.47. The summed E-state index contributed by atoms with van der Waals surface area (Å²) in [6.45, 7) is 4.64. The fourth-order valence-corrected chi connectivity index (χ4v) is 1.37. The Labute approximate surface area is 93.1 Å². The largest absolute Gasteiger partial charge is 0.338 e. The van der Waals surface area contributed by atoms with Crippen LogP contribution in [-0.4, -0.2) is 33.8 Å². The van der Waals surface area contributed by atoms with Gasteiger partial charge in [0.05, 0.1) is 4.92 Å². The maximum absolute atomic E-state index is 11.9. The Kier molecular flexibility index (Phi) is 3.93. The van der Waals surface area contributed by atoms with Crippen LogP contribution in [-0.2, 0) is 0 Å². The highest BCUT2D eigenvalue weighted by Crippen LogP contribution is 2.16. The zero-order valence-electron chi connectivity index (χ0n) is 9.21. The molecule has 0 fully saturated rings. The smallest absolute Gasteiger partial charge is 0.300 e. The first kappa shape index (κ1) is 12.1. The molecule has 1 amide bonds. The van der Waals surface area contributed by atoms with E-state index >= 15 is 0 Å². The maximum Gasteiger partial charge on any atom is 0.300 e. The molecular formula is C10H13N3O3. The van der Waals surface area contributed by atoms with Crippen molar-refractivity contribution in [2.45, 2.75) is 13.8 Å². The van der Waals surface area contributed by atoms with E-state index in [9.17, 15) is 14.9 Å². The molecule has 0 unspecified atom stereocenters. The van der Waals surface area contributed by atoms with E-state index in [1.165, 1.54) is 23.2 Å². The molecule has 1 rings (SSSR count). The molecule has 1 aromatic rings. The first-order valence-corrected chi connectivity index (χ1v) is 5.00. The molecule has 16 heavy (non-hydrogen) atoms. The lowest BCUT2D eigenvalue weighted by atomic mass is 10.2. The SMILES string of the molecule is CCN(CC)C(=O)c1ncccc1[N+](=O)[O-]. The lowest BCUT2D eigenvalue weighted by Crippen LogP contribution is -2.31. The molecule has 1 aromatic heterocycles. The van der Waals surface area contributed by atoms with Crippen LogP contribution in [0, 0.1) is 10.1 Å². The van der Waals surface area contributed by atoms with Gasteiger partial charge in [0.1, 0.15) is 0 Å². The predicted molar refractivity (Wildman–Crippen MR) is 58.1 cm³/mol. The third kappa shape index (κ3) is 2.33. The number of nitro groups is 1. The van der Waals surface area contributed by atoms with Crippen molar-refractivity contribution in [1.29, 1.82) is 0 Å². The summed E-state index contributed by atoms with van der Waals surface area (Å²) >= 11 is 0. The van der Waals surface area contributed by atoms with E-state index in [1.54, 1.807) is 0 Å². The summed E-state index contributed by atoms with van der Waals surface area (Å²) in [6.07, 6.45) is 1.38. The van der Waals surface area contributed by atoms with Gasteiger partial charge in [0.25, 0.3) is 5.91 Å². The van der Waals surface area contributed by atoms with Crippen LogP contribution in [0.15, 0.2) is 18.3 Å². The Bertz CT molecular complexity index is 402. The molecule has 0 bridgehead atoms. The summed E-state index contributed by atoms with van der Waals surface area (Å²) in [7, 11) is 0. The first-order chi connectivity index (χ1) is 7.61. The number of rotatable bonds is 4. The number of hydrogen-bond acceptors (Lipinski definition) is 4. The van der Waals surface area contributed by atoms with Gasteiger partial charge in [-0.3, -0.25) is 14.9 Å². The van der Waals surface area contributed by atoms with E-state index in [4.69, 9.17) is 0 Å². The third-order valence-corrected chi connectivity index (χ3v) is 2.24. The van der Waals surface area contributed by atoms with Crippen molar-refractivity contribution in [1.82, 2.24) is 9.88 Å². The van der Waals surface area contributed by atoms with Gasteiger partial charge in [0.15, 0.2) is 0 Å². The van der Waals surface area contributed by atoms with Crippen molar-refractivity contribution in [3.63, 3.8) is 0 Å². The molecule has 0 aliphatic rings. The normalized spacial score (nSPS) is 9.88. The first-order valence-electron chi connectivity index (χ1n) is 5.00. The molecule has 86 valence electrons. The van der Waals surface area contributed by atoms with E-state index in [-0.39, 0.29) is 11.4 Å². The quantitative estimate of drug-likeness (QED) is 0.572. The average Bonchev–Trinajstić information content (AvgIpc) is 2.30. The van der Waals surface area contributed by atoms with Gasteiger partial charge < -0.3 is 4.90 Å². The summed E-state index contributed by atoms with van der Waals surface area (Å²) in [4.78, 5) is 27.3. The molecule has 0 saturated carbocycles. The van der Waals surface area contributed by atoms with Gasteiger partial charge in [-0.25, -0.2) is 4.98 Å². The Morgan fingerprint density at radius 2 is 2.12 bits per heavy atom. The third-order valence-electron chi connectivity index (χ3n) is 2.24. The standard InChI is InChI=1S/C10H13N3O3/c1-3-12(4-2)10(14)9-8(13(15)16)6-5-7-11-9/h5-7H,3-4H2,1-2H3. The van der Waals surface area contributed by atoms with Gasteiger partial charge in [-0.15, -0.1) is 0 Å². The van der Waals surface area contributed by atoms with Crippen molar-refractivity contribution >= 4 is 11.6 Å². The van der Waals surface area contributed by atoms with E-state index in [1.807, 2.05) is 13.8 Å². The van der Waals surface area contributed by atoms with E-state index in [2.05, 4.69) is 4.98 Å². The molecule has 0 aliphatic carbocycles. The van der Waals surface area contributed by atoms with Crippen LogP contribution < -0.4 is 0 Å². The van der Waals surface area contributed by atoms with Gasteiger partial charge in [0.2, 0.25) is 5.69 Å². The van der Waals surface area contributed by atoms with Crippen LogP contribution in [0.25, 0.3) is 0 Å². The second kappa shape index (κ2) is 5.20. The summed E-state index contributed by atoms with van der Waals surface area (Å²) in [5.41, 5.74) is -0.351. The van der Waals surface area contributed by atoms with Gasteiger partial charge in [-0.1, -0.05) is 0 Å². The zero-order chi connectivity index (χ0) is 12.1. The summed E-state index contributed by atoms with van der Waals surface area (Å²) in [5.74, 6) is -0.405. The Balaban J connectivity index is 3.12. The number of amides is 1. The molecule has 0 spiro atoms. The highest BCUT2D eigenvalue weighted by atomic mass is 16.6. The minimum atomic E-state index is -0.594. The summed E-state index contributed by atoms with van der Waals surface area (Å²) in [5, 5.41) is 10.7. The number of pyridine rings is 1. The average molecular weight is 223 g/mol. The zero-order valence-corrected chi connectivity index (χ0v) is 9.21. The molecule has 0 saturated heterocycles. The number of hydrogen-bond donors (Lipinski definition) is 0. The van der Waals surface area contributed by atoms with Crippen LogP contribution >= 0.6 is 0 Å². The van der Waals surface area contributed by atoms with Crippen LogP contribution in [0.1, 0.15) is 24.3 Å². The number of carbonyl (C=O) groups excluding carboxylic acids is 1. The fourth-order valence-electron chi connectivity index (χ4n) is 1.37. The molecule has 0 atom stereocenters. The van der Waals surface area contributed by atoms with Crippen LogP contribution in [0.2, 0.25) is 0 Å². The molecule has 0 N–H and O–H groups in total. The molecule has 0 aliphatic heterocycles. The molecule has 1 heterocycles. The van der Waals surface area contributed by atoms with Gasteiger partial charge >= 0.3 is 5.69 Å².